The van der Waals surface area contributed by atoms with Crippen molar-refractivity contribution in [1.29, 1.82) is 0 Å². The van der Waals surface area contributed by atoms with Gasteiger partial charge in [0, 0.05) is 6.42 Å². The van der Waals surface area contributed by atoms with Crippen molar-refractivity contribution in [2.75, 3.05) is 0 Å². The van der Waals surface area contributed by atoms with E-state index >= 15 is 0 Å². The maximum atomic E-state index is 12.5. The third kappa shape index (κ3) is 1.64. The maximum Gasteiger partial charge on any atom is 0.262 e. The molecule has 0 bridgehead atoms. The first kappa shape index (κ1) is 12.5. The van der Waals surface area contributed by atoms with E-state index in [0.717, 1.165) is 5.56 Å². The Balaban J connectivity index is 1.80. The van der Waals surface area contributed by atoms with E-state index in [2.05, 4.69) is 0 Å². The molecule has 2 aromatic rings. The summed E-state index contributed by atoms with van der Waals surface area (Å²) in [7, 11) is 0. The monoisotopic (exact) mass is 297 g/mol. The second-order valence-electron chi connectivity index (χ2n) is 5.21. The van der Waals surface area contributed by atoms with Gasteiger partial charge in [-0.3, -0.25) is 19.3 Å². The van der Waals surface area contributed by atoms with E-state index in [0.29, 0.717) is 28.8 Å². The zero-order chi connectivity index (χ0) is 14.6. The quantitative estimate of drug-likeness (QED) is 0.760. The van der Waals surface area contributed by atoms with E-state index in [1.807, 2.05) is 11.4 Å². The van der Waals surface area contributed by atoms with Crippen LogP contribution in [0.2, 0.25) is 0 Å². The Morgan fingerprint density at radius 3 is 2.33 bits per heavy atom. The van der Waals surface area contributed by atoms with Crippen LogP contribution in [0.1, 0.15) is 54.8 Å². The van der Waals surface area contributed by atoms with Gasteiger partial charge in [-0.1, -0.05) is 12.1 Å². The average Bonchev–Trinajstić information content (AvgIpc) is 3.07. The van der Waals surface area contributed by atoms with Crippen LogP contribution in [0.3, 0.4) is 0 Å². The average molecular weight is 297 g/mol. The van der Waals surface area contributed by atoms with Gasteiger partial charge in [-0.2, -0.15) is 0 Å². The highest BCUT2D eigenvalue weighted by Crippen LogP contribution is 2.40. The molecule has 2 amide bonds. The molecule has 104 valence electrons. The topological polar surface area (TPSA) is 54.5 Å². The summed E-state index contributed by atoms with van der Waals surface area (Å²) < 4.78 is 0. The smallest absolute Gasteiger partial charge is 0.262 e. The summed E-state index contributed by atoms with van der Waals surface area (Å²) >= 11 is 1.38. The fraction of sp³-hybridized carbons (Fsp3) is 0.188. The van der Waals surface area contributed by atoms with Crippen LogP contribution in [0.4, 0.5) is 0 Å². The predicted molar refractivity (Wildman–Crippen MR) is 77.6 cm³/mol. The summed E-state index contributed by atoms with van der Waals surface area (Å²) in [6.45, 7) is 0. The zero-order valence-corrected chi connectivity index (χ0v) is 11.9. The third-order valence-corrected chi connectivity index (χ3v) is 5.06. The highest BCUT2D eigenvalue weighted by Gasteiger charge is 2.42. The van der Waals surface area contributed by atoms with Crippen molar-refractivity contribution in [3.63, 3.8) is 0 Å². The second kappa shape index (κ2) is 4.36. The first-order valence-electron chi connectivity index (χ1n) is 6.76. The number of ketones is 1. The molecule has 0 saturated carbocycles. The Morgan fingerprint density at radius 1 is 1.00 bits per heavy atom. The number of benzene rings is 1. The first-order chi connectivity index (χ1) is 10.2. The molecule has 4 nitrogen and oxygen atoms in total. The summed E-state index contributed by atoms with van der Waals surface area (Å²) in [5.41, 5.74) is 1.72. The molecular weight excluding hydrogens is 286 g/mol. The van der Waals surface area contributed by atoms with Crippen molar-refractivity contribution in [2.45, 2.75) is 18.9 Å². The van der Waals surface area contributed by atoms with Crippen molar-refractivity contribution in [2.24, 2.45) is 0 Å². The summed E-state index contributed by atoms with van der Waals surface area (Å²) in [6, 6.07) is 8.40. The molecule has 1 aliphatic heterocycles. The molecule has 1 unspecified atom stereocenters. The molecule has 2 aliphatic rings. The Morgan fingerprint density at radius 2 is 1.67 bits per heavy atom. The number of fused-ring (bicyclic) bond motifs is 2. The lowest BCUT2D eigenvalue weighted by Gasteiger charge is -2.29. The first-order valence-corrected chi connectivity index (χ1v) is 7.64. The Hall–Kier alpha value is -2.27. The van der Waals surface area contributed by atoms with Gasteiger partial charge in [-0.15, -0.1) is 11.3 Å². The van der Waals surface area contributed by atoms with E-state index in [-0.39, 0.29) is 23.6 Å². The van der Waals surface area contributed by atoms with Gasteiger partial charge in [0.1, 0.15) is 0 Å². The highest BCUT2D eigenvalue weighted by atomic mass is 32.1. The van der Waals surface area contributed by atoms with E-state index in [9.17, 15) is 14.4 Å². The number of hydrogen-bond donors (Lipinski definition) is 0. The van der Waals surface area contributed by atoms with Crippen molar-refractivity contribution in [1.82, 2.24) is 4.90 Å². The minimum absolute atomic E-state index is 0.104. The summed E-state index contributed by atoms with van der Waals surface area (Å²) in [6.07, 6.45) is 0.889. The Kier molecular flexibility index (Phi) is 2.59. The molecular formula is C16H11NO3S. The predicted octanol–water partition coefficient (Wildman–Crippen LogP) is 3.06. The number of Topliss-reactive ketones (excluding diaryl/α,β-unsaturated/α-hetero) is 1. The van der Waals surface area contributed by atoms with Gasteiger partial charge in [-0.05, 0) is 35.6 Å². The SMILES string of the molecule is O=C1CCC(N2C(=O)c3ccccc3C2=O)c2ccsc21. The lowest BCUT2D eigenvalue weighted by molar-refractivity contribution is 0.0558. The molecule has 21 heavy (non-hydrogen) atoms. The zero-order valence-electron chi connectivity index (χ0n) is 11.0. The fourth-order valence-electron chi connectivity index (χ4n) is 3.10. The number of nitrogens with zero attached hydrogens (tertiary/aromatic N) is 1. The van der Waals surface area contributed by atoms with Crippen LogP contribution in [-0.2, 0) is 0 Å². The molecule has 0 spiro atoms. The Bertz CT molecular complexity index is 757. The fourth-order valence-corrected chi connectivity index (χ4v) is 4.03. The molecule has 1 atom stereocenters. The number of thiophene rings is 1. The number of carbonyl (C=O) groups excluding carboxylic acids is 3. The van der Waals surface area contributed by atoms with Gasteiger partial charge >= 0.3 is 0 Å². The van der Waals surface area contributed by atoms with Gasteiger partial charge in [0.2, 0.25) is 0 Å². The molecule has 1 aromatic heterocycles. The summed E-state index contributed by atoms with van der Waals surface area (Å²) in [4.78, 5) is 39.0. The van der Waals surface area contributed by atoms with Gasteiger partial charge in [0.15, 0.2) is 5.78 Å². The molecule has 0 fully saturated rings. The van der Waals surface area contributed by atoms with Crippen LogP contribution in [-0.4, -0.2) is 22.5 Å². The maximum absolute atomic E-state index is 12.5. The number of rotatable bonds is 1. The van der Waals surface area contributed by atoms with E-state index in [4.69, 9.17) is 0 Å². The number of amides is 2. The standard InChI is InChI=1S/C16H11NO3S/c18-13-6-5-12(11-7-8-21-14(11)13)17-15(19)9-3-1-2-4-10(9)16(17)20/h1-4,7-8,12H,5-6H2. The normalized spacial score (nSPS) is 20.7. The van der Waals surface area contributed by atoms with Crippen LogP contribution in [0, 0.1) is 0 Å². The number of carbonyl (C=O) groups is 3. The molecule has 5 heteroatoms. The van der Waals surface area contributed by atoms with Crippen LogP contribution in [0.25, 0.3) is 0 Å². The van der Waals surface area contributed by atoms with Crippen LogP contribution >= 0.6 is 11.3 Å². The van der Waals surface area contributed by atoms with E-state index in [1.54, 1.807) is 24.3 Å². The third-order valence-electron chi connectivity index (χ3n) is 4.09. The lowest BCUT2D eigenvalue weighted by Crippen LogP contribution is -2.36. The van der Waals surface area contributed by atoms with Crippen LogP contribution < -0.4 is 0 Å². The van der Waals surface area contributed by atoms with Crippen LogP contribution in [0.15, 0.2) is 35.7 Å². The van der Waals surface area contributed by atoms with Gasteiger partial charge in [0.25, 0.3) is 11.8 Å². The summed E-state index contributed by atoms with van der Waals surface area (Å²) in [5, 5.41) is 1.85. The van der Waals surface area contributed by atoms with Gasteiger partial charge < -0.3 is 0 Å². The number of imide groups is 1. The minimum atomic E-state index is -0.323. The van der Waals surface area contributed by atoms with Gasteiger partial charge in [-0.25, -0.2) is 0 Å². The lowest BCUT2D eigenvalue weighted by atomic mass is 9.92. The number of hydrogen-bond acceptors (Lipinski definition) is 4. The van der Waals surface area contributed by atoms with E-state index < -0.39 is 0 Å². The van der Waals surface area contributed by atoms with Crippen molar-refractivity contribution in [3.8, 4) is 0 Å². The summed E-state index contributed by atoms with van der Waals surface area (Å²) in [5.74, 6) is -0.410. The molecule has 2 heterocycles. The molecule has 0 radical (unpaired) electrons. The highest BCUT2D eigenvalue weighted by molar-refractivity contribution is 7.12. The van der Waals surface area contributed by atoms with Crippen molar-refractivity contribution >= 4 is 28.9 Å². The van der Waals surface area contributed by atoms with Gasteiger partial charge in [0.05, 0.1) is 22.0 Å². The molecule has 0 N–H and O–H groups in total. The largest absolute Gasteiger partial charge is 0.293 e. The second-order valence-corrected chi connectivity index (χ2v) is 6.12. The van der Waals surface area contributed by atoms with Crippen molar-refractivity contribution in [3.05, 3.63) is 57.3 Å². The van der Waals surface area contributed by atoms with Crippen LogP contribution in [0.5, 0.6) is 0 Å². The van der Waals surface area contributed by atoms with E-state index in [1.165, 1.54) is 16.2 Å². The molecule has 1 aromatic carbocycles. The molecule has 4 rings (SSSR count). The molecule has 1 aliphatic carbocycles. The van der Waals surface area contributed by atoms with Crippen molar-refractivity contribution < 1.29 is 14.4 Å². The Labute approximate surface area is 125 Å². The minimum Gasteiger partial charge on any atom is -0.293 e. The molecule has 0 saturated heterocycles.